The highest BCUT2D eigenvalue weighted by Gasteiger charge is 2.32. The molecule has 0 bridgehead atoms. The Bertz CT molecular complexity index is 725. The maximum Gasteiger partial charge on any atom is 0.491 e. The first-order chi connectivity index (χ1) is 11.3. The zero-order valence-electron chi connectivity index (χ0n) is 12.7. The summed E-state index contributed by atoms with van der Waals surface area (Å²) in [4.78, 5) is 13.7. The summed E-state index contributed by atoms with van der Waals surface area (Å²) in [7, 11) is -0.858. The molecule has 2 N–H and O–H groups in total. The van der Waals surface area contributed by atoms with Gasteiger partial charge in [0.25, 0.3) is 0 Å². The molecule has 126 valence electrons. The van der Waals surface area contributed by atoms with Gasteiger partial charge in [-0.1, -0.05) is 6.07 Å². The van der Waals surface area contributed by atoms with Gasteiger partial charge in [0.2, 0.25) is 6.41 Å². The third-order valence-corrected chi connectivity index (χ3v) is 3.35. The monoisotopic (exact) mass is 338 g/mol. The van der Waals surface area contributed by atoms with Gasteiger partial charge < -0.3 is 15.0 Å². The van der Waals surface area contributed by atoms with E-state index in [1.54, 1.807) is 12.1 Å². The molecule has 0 spiro atoms. The average Bonchev–Trinajstić information content (AvgIpc) is 2.89. The fraction of sp³-hybridized carbons (Fsp3) is 0.200. The molecule has 1 amide bonds. The van der Waals surface area contributed by atoms with Crippen molar-refractivity contribution in [2.45, 2.75) is 19.7 Å². The predicted octanol–water partition coefficient (Wildman–Crippen LogP) is 1.88. The molecule has 0 atom stereocenters. The molecule has 0 aliphatic carbocycles. The standard InChI is InChI=1S/C8H8BNO3.C7H6F3N/c11-5-10-7-2-1-6-4-13-9(12)8(6)3-7;1-5-6(7(8,9)10)3-2-4-11-5/h1-3,5,12H,4H2,(H,10,11);2-4H,1H3. The molecule has 1 aromatic carbocycles. The number of hydrogen-bond acceptors (Lipinski definition) is 4. The van der Waals surface area contributed by atoms with Crippen LogP contribution in [0.3, 0.4) is 0 Å². The summed E-state index contributed by atoms with van der Waals surface area (Å²) in [5.41, 5.74) is 1.70. The third-order valence-electron chi connectivity index (χ3n) is 3.35. The maximum atomic E-state index is 12.0. The van der Waals surface area contributed by atoms with Gasteiger partial charge in [0, 0.05) is 17.6 Å². The Morgan fingerprint density at radius 3 is 2.71 bits per heavy atom. The number of halogens is 3. The number of benzene rings is 1. The van der Waals surface area contributed by atoms with Crippen LogP contribution < -0.4 is 10.8 Å². The number of anilines is 1. The Morgan fingerprint density at radius 2 is 2.12 bits per heavy atom. The van der Waals surface area contributed by atoms with Crippen molar-refractivity contribution in [3.05, 3.63) is 53.3 Å². The number of nitrogens with zero attached hydrogens (tertiary/aromatic N) is 1. The molecular formula is C15H14BF3N2O3. The van der Waals surface area contributed by atoms with Gasteiger partial charge in [-0.05, 0) is 42.2 Å². The van der Waals surface area contributed by atoms with Gasteiger partial charge in [0.15, 0.2) is 0 Å². The van der Waals surface area contributed by atoms with E-state index >= 15 is 0 Å². The van der Waals surface area contributed by atoms with Crippen molar-refractivity contribution >= 4 is 24.7 Å². The van der Waals surface area contributed by atoms with E-state index in [1.807, 2.05) is 6.07 Å². The van der Waals surface area contributed by atoms with Crippen LogP contribution in [0.5, 0.6) is 0 Å². The number of rotatable bonds is 2. The highest BCUT2D eigenvalue weighted by atomic mass is 19.4. The molecule has 2 aromatic rings. The zero-order chi connectivity index (χ0) is 17.7. The molecule has 1 aliphatic rings. The predicted molar refractivity (Wildman–Crippen MR) is 82.5 cm³/mol. The number of pyridine rings is 1. The summed E-state index contributed by atoms with van der Waals surface area (Å²) in [6.07, 6.45) is -2.34. The van der Waals surface area contributed by atoms with Crippen LogP contribution >= 0.6 is 0 Å². The lowest BCUT2D eigenvalue weighted by Gasteiger charge is -2.07. The first kappa shape index (κ1) is 18.0. The van der Waals surface area contributed by atoms with Crippen molar-refractivity contribution < 1.29 is 27.6 Å². The summed E-state index contributed by atoms with van der Waals surface area (Å²) in [5, 5.41) is 11.8. The summed E-state index contributed by atoms with van der Waals surface area (Å²) in [5.74, 6) is 0. The Kier molecular flexibility index (Phi) is 5.58. The normalized spacial score (nSPS) is 13.0. The molecule has 1 aliphatic heterocycles. The van der Waals surface area contributed by atoms with Gasteiger partial charge in [-0.3, -0.25) is 9.78 Å². The first-order valence-electron chi connectivity index (χ1n) is 6.94. The molecule has 9 heteroatoms. The molecule has 3 rings (SSSR count). The summed E-state index contributed by atoms with van der Waals surface area (Å²) in [6, 6.07) is 7.60. The van der Waals surface area contributed by atoms with Crippen molar-refractivity contribution in [2.75, 3.05) is 5.32 Å². The lowest BCUT2D eigenvalue weighted by molar-refractivity contribution is -0.138. The Hall–Kier alpha value is -2.39. The molecule has 0 fully saturated rings. The first-order valence-corrected chi connectivity index (χ1v) is 6.94. The minimum atomic E-state index is -4.28. The summed E-state index contributed by atoms with van der Waals surface area (Å²) < 4.78 is 41.0. The SMILES string of the molecule is Cc1ncccc1C(F)(F)F.O=CNc1ccc2c(c1)B(O)OC2. The molecule has 2 heterocycles. The smallest absolute Gasteiger partial charge is 0.423 e. The molecule has 0 saturated carbocycles. The second-order valence-corrected chi connectivity index (χ2v) is 4.97. The van der Waals surface area contributed by atoms with Gasteiger partial charge in [-0.15, -0.1) is 0 Å². The van der Waals surface area contributed by atoms with E-state index in [9.17, 15) is 23.0 Å². The van der Waals surface area contributed by atoms with Crippen LogP contribution in [0.15, 0.2) is 36.5 Å². The largest absolute Gasteiger partial charge is 0.491 e. The van der Waals surface area contributed by atoms with E-state index in [0.717, 1.165) is 17.1 Å². The summed E-state index contributed by atoms with van der Waals surface area (Å²) in [6.45, 7) is 1.76. The van der Waals surface area contributed by atoms with E-state index in [4.69, 9.17) is 4.65 Å². The molecule has 0 radical (unpaired) electrons. The Morgan fingerprint density at radius 1 is 1.38 bits per heavy atom. The number of carbonyl (C=O) groups excluding carboxylic acids is 1. The van der Waals surface area contributed by atoms with Crippen molar-refractivity contribution in [1.29, 1.82) is 0 Å². The van der Waals surface area contributed by atoms with E-state index < -0.39 is 18.9 Å². The lowest BCUT2D eigenvalue weighted by Crippen LogP contribution is -2.28. The van der Waals surface area contributed by atoms with Crippen LogP contribution in [0.4, 0.5) is 18.9 Å². The topological polar surface area (TPSA) is 71.5 Å². The minimum absolute atomic E-state index is 0.0139. The number of nitrogens with one attached hydrogen (secondary N) is 1. The van der Waals surface area contributed by atoms with Crippen LogP contribution in [0.1, 0.15) is 16.8 Å². The van der Waals surface area contributed by atoms with Crippen LogP contribution in [-0.4, -0.2) is 23.5 Å². The van der Waals surface area contributed by atoms with Crippen molar-refractivity contribution in [2.24, 2.45) is 0 Å². The Labute approximate surface area is 136 Å². The number of amides is 1. The molecule has 0 saturated heterocycles. The molecule has 5 nitrogen and oxygen atoms in total. The highest BCUT2D eigenvalue weighted by Crippen LogP contribution is 2.30. The second-order valence-electron chi connectivity index (χ2n) is 4.97. The number of hydrogen-bond donors (Lipinski definition) is 2. The van der Waals surface area contributed by atoms with Crippen molar-refractivity contribution in [1.82, 2.24) is 4.98 Å². The zero-order valence-corrected chi connectivity index (χ0v) is 12.7. The van der Waals surface area contributed by atoms with Gasteiger partial charge >= 0.3 is 13.3 Å². The quantitative estimate of drug-likeness (QED) is 0.648. The minimum Gasteiger partial charge on any atom is -0.423 e. The van der Waals surface area contributed by atoms with Crippen LogP contribution in [-0.2, 0) is 22.2 Å². The maximum absolute atomic E-state index is 12.0. The van der Waals surface area contributed by atoms with Crippen LogP contribution in [0.2, 0.25) is 0 Å². The fourth-order valence-corrected chi connectivity index (χ4v) is 2.16. The van der Waals surface area contributed by atoms with Crippen molar-refractivity contribution in [3.63, 3.8) is 0 Å². The molecule has 24 heavy (non-hydrogen) atoms. The van der Waals surface area contributed by atoms with Gasteiger partial charge in [0.1, 0.15) is 0 Å². The average molecular weight is 338 g/mol. The van der Waals surface area contributed by atoms with Crippen LogP contribution in [0, 0.1) is 6.92 Å². The second kappa shape index (κ2) is 7.46. The van der Waals surface area contributed by atoms with Gasteiger partial charge in [-0.2, -0.15) is 13.2 Å². The third kappa shape index (κ3) is 4.33. The van der Waals surface area contributed by atoms with Crippen molar-refractivity contribution in [3.8, 4) is 0 Å². The number of alkyl halides is 3. The van der Waals surface area contributed by atoms with Gasteiger partial charge in [-0.25, -0.2) is 0 Å². The van der Waals surface area contributed by atoms with E-state index in [-0.39, 0.29) is 5.69 Å². The number of carbonyl (C=O) groups is 1. The van der Waals surface area contributed by atoms with E-state index in [0.29, 0.717) is 18.7 Å². The van der Waals surface area contributed by atoms with Crippen LogP contribution in [0.25, 0.3) is 0 Å². The molecular weight excluding hydrogens is 324 g/mol. The Balaban J connectivity index is 0.000000177. The number of fused-ring (bicyclic) bond motifs is 1. The number of aromatic nitrogens is 1. The lowest BCUT2D eigenvalue weighted by atomic mass is 9.79. The fourth-order valence-electron chi connectivity index (χ4n) is 2.16. The van der Waals surface area contributed by atoms with Gasteiger partial charge in [0.05, 0.1) is 12.2 Å². The number of aryl methyl sites for hydroxylation is 1. The van der Waals surface area contributed by atoms with E-state index in [2.05, 4.69) is 10.3 Å². The molecule has 1 aromatic heterocycles. The highest BCUT2D eigenvalue weighted by molar-refractivity contribution is 6.61. The van der Waals surface area contributed by atoms with E-state index in [1.165, 1.54) is 19.2 Å². The molecule has 0 unspecified atom stereocenters. The summed E-state index contributed by atoms with van der Waals surface area (Å²) >= 11 is 0.